The molecule has 0 saturated heterocycles. The Morgan fingerprint density at radius 2 is 1.70 bits per heavy atom. The van der Waals surface area contributed by atoms with E-state index in [4.69, 9.17) is 46.8 Å². The number of ether oxygens (including phenoxy) is 3. The van der Waals surface area contributed by atoms with Gasteiger partial charge in [0.1, 0.15) is 29.3 Å². The molecule has 23 heteroatoms. The van der Waals surface area contributed by atoms with Crippen LogP contribution in [0.1, 0.15) is 17.3 Å². The van der Waals surface area contributed by atoms with Gasteiger partial charge in [-0.2, -0.15) is 0 Å². The molecule has 3 aliphatic rings. The van der Waals surface area contributed by atoms with Gasteiger partial charge in [0.05, 0.1) is 57.3 Å². The summed E-state index contributed by atoms with van der Waals surface area (Å²) in [6.45, 7) is 0.366. The molecule has 1 amide bonds. The average Bonchev–Trinajstić information content (AvgIpc) is 3.20. The summed E-state index contributed by atoms with van der Waals surface area (Å²) in [6, 6.07) is 10.9. The van der Waals surface area contributed by atoms with E-state index in [0.29, 0.717) is 27.8 Å². The molecular weight excluding hydrogens is 843 g/mol. The van der Waals surface area contributed by atoms with Crippen LogP contribution < -0.4 is 32.8 Å². The van der Waals surface area contributed by atoms with Crippen molar-refractivity contribution >= 4 is 59.4 Å². The number of amides is 1. The fraction of sp³-hybridized carbons (Fsp3) is 0.342. The molecule has 1 aliphatic carbocycles. The minimum atomic E-state index is -4.74. The molecule has 328 valence electrons. The van der Waals surface area contributed by atoms with Crippen molar-refractivity contribution < 1.29 is 67.7 Å². The van der Waals surface area contributed by atoms with Crippen LogP contribution in [0.15, 0.2) is 80.4 Å². The number of carbonyl (C=O) groups is 2. The number of nitrogens with one attached hydrogen (secondary N) is 3. The second-order valence-corrected chi connectivity index (χ2v) is 15.6. The molecule has 0 saturated carbocycles. The lowest BCUT2D eigenvalue weighted by Crippen LogP contribution is -2.59. The number of fused-ring (bicyclic) bond motifs is 2. The van der Waals surface area contributed by atoms with E-state index < -0.39 is 74.5 Å². The molecule has 13 N–H and O–H groups in total. The zero-order valence-electron chi connectivity index (χ0n) is 32.4. The monoisotopic (exact) mass is 888 g/mol. The number of phenols is 1. The molecular formula is C38H45N6O15PS. The number of anilines is 1. The van der Waals surface area contributed by atoms with Gasteiger partial charge in [-0.05, 0) is 60.3 Å². The fourth-order valence-corrected chi connectivity index (χ4v) is 7.61. The number of carboxylic acid groups (broad SMARTS) is 1. The van der Waals surface area contributed by atoms with E-state index in [1.165, 1.54) is 30.3 Å². The highest BCUT2D eigenvalue weighted by atomic mass is 32.1. The number of aromatic hydroxyl groups is 1. The van der Waals surface area contributed by atoms with Crippen LogP contribution in [0.2, 0.25) is 0 Å². The highest BCUT2D eigenvalue weighted by Gasteiger charge is 2.46. The summed E-state index contributed by atoms with van der Waals surface area (Å²) in [4.78, 5) is 51.1. The predicted molar refractivity (Wildman–Crippen MR) is 224 cm³/mol. The van der Waals surface area contributed by atoms with Crippen molar-refractivity contribution in [1.29, 1.82) is 0 Å². The summed E-state index contributed by atoms with van der Waals surface area (Å²) in [5.74, 6) is -2.11. The number of guanidine groups is 1. The van der Waals surface area contributed by atoms with Crippen LogP contribution in [0.4, 0.5) is 5.69 Å². The van der Waals surface area contributed by atoms with Crippen LogP contribution in [0.5, 0.6) is 5.75 Å². The SMILES string of the molecule is CC(=O)N[C@H]1C([C@H](O)[C@H](O)CO)OC(P(=O)(O)OCCOCCOCCNC(=S)Nc2ccc(-c3c4ccc(=O)cc-4oc4cc(O)ccc34)c(C(=O)O)c2)=C[C@@H]1N=C(N)N. The van der Waals surface area contributed by atoms with Crippen molar-refractivity contribution in [3.8, 4) is 28.2 Å². The average molecular weight is 889 g/mol. The molecule has 0 spiro atoms. The normalized spacial score (nSPS) is 18.2. The number of nitrogens with zero attached hydrogens (tertiary/aromatic N) is 1. The first-order valence-electron chi connectivity index (χ1n) is 18.5. The van der Waals surface area contributed by atoms with Gasteiger partial charge in [0.25, 0.3) is 0 Å². The van der Waals surface area contributed by atoms with Gasteiger partial charge in [-0.25, -0.2) is 9.79 Å². The lowest BCUT2D eigenvalue weighted by atomic mass is 9.90. The molecule has 0 radical (unpaired) electrons. The minimum Gasteiger partial charge on any atom is -0.508 e. The number of aliphatic hydroxyl groups is 3. The fourth-order valence-electron chi connectivity index (χ4n) is 6.34. The van der Waals surface area contributed by atoms with Gasteiger partial charge >= 0.3 is 13.6 Å². The Hall–Kier alpha value is -5.68. The van der Waals surface area contributed by atoms with Gasteiger partial charge in [0, 0.05) is 47.8 Å². The molecule has 5 rings (SSSR count). The second kappa shape index (κ2) is 20.7. The van der Waals surface area contributed by atoms with Crippen molar-refractivity contribution in [3.05, 3.63) is 82.0 Å². The molecule has 2 aromatic rings. The maximum atomic E-state index is 13.1. The number of hydrogen-bond acceptors (Lipinski definition) is 15. The first-order valence-corrected chi connectivity index (χ1v) is 20.4. The Balaban J connectivity index is 1.08. The van der Waals surface area contributed by atoms with Gasteiger partial charge < -0.3 is 81.0 Å². The lowest BCUT2D eigenvalue weighted by Gasteiger charge is -2.39. The lowest BCUT2D eigenvalue weighted by molar-refractivity contribution is -0.125. The highest BCUT2D eigenvalue weighted by Crippen LogP contribution is 2.53. The molecule has 2 aliphatic heterocycles. The maximum Gasteiger partial charge on any atom is 0.392 e. The number of aliphatic imine (C=N–C) groups is 1. The molecule has 61 heavy (non-hydrogen) atoms. The van der Waals surface area contributed by atoms with Crippen molar-refractivity contribution in [2.24, 2.45) is 16.5 Å². The molecule has 0 bridgehead atoms. The smallest absolute Gasteiger partial charge is 0.392 e. The standard InChI is InChI=1S/C38H45N6O15PS/c1-19(46)42-33-27(44-37(39)40)17-31(59-35(33)34(50)28(49)18-45)60(53,54)57-13-12-56-11-10-55-9-8-41-38(61)43-20-2-5-23(26(14-20)36(51)52)32-24-6-3-21(47)15-29(24)58-30-16-22(48)4-7-25(30)32/h2-7,14-17,27-28,33-35,45,47,49-50H,8-13,18H2,1H3,(H,42,46)(H,51,52)(H,53,54)(H4,39,40,44)(H2,41,43,61)/t27-,28+,33+,34+,35?/m0/s1. The summed E-state index contributed by atoms with van der Waals surface area (Å²) in [5, 5.41) is 59.3. The quantitative estimate of drug-likeness (QED) is 0.0153. The summed E-state index contributed by atoms with van der Waals surface area (Å²) < 4.78 is 40.6. The van der Waals surface area contributed by atoms with Crippen LogP contribution in [0.3, 0.4) is 0 Å². The second-order valence-electron chi connectivity index (χ2n) is 13.4. The minimum absolute atomic E-state index is 0.0624. The van der Waals surface area contributed by atoms with Gasteiger partial charge in [-0.1, -0.05) is 6.07 Å². The number of aliphatic hydroxyl groups excluding tert-OH is 3. The number of thiocarbonyl (C=S) groups is 1. The van der Waals surface area contributed by atoms with Gasteiger partial charge in [-0.3, -0.25) is 14.2 Å². The number of carboxylic acids is 1. The third-order valence-corrected chi connectivity index (χ3v) is 10.6. The van der Waals surface area contributed by atoms with E-state index in [1.807, 2.05) is 0 Å². The molecule has 0 aromatic heterocycles. The Bertz CT molecular complexity index is 2370. The van der Waals surface area contributed by atoms with Gasteiger partial charge in [0.2, 0.25) is 11.4 Å². The van der Waals surface area contributed by atoms with E-state index in [2.05, 4.69) is 20.9 Å². The van der Waals surface area contributed by atoms with E-state index in [-0.39, 0.29) is 66.2 Å². The van der Waals surface area contributed by atoms with Crippen molar-refractivity contribution in [2.75, 3.05) is 51.5 Å². The molecule has 21 nitrogen and oxygen atoms in total. The van der Waals surface area contributed by atoms with Crippen molar-refractivity contribution in [1.82, 2.24) is 10.6 Å². The molecule has 2 heterocycles. The molecule has 6 atom stereocenters. The number of nitrogens with two attached hydrogens (primary N) is 2. The summed E-state index contributed by atoms with van der Waals surface area (Å²) >= 11 is 5.38. The van der Waals surface area contributed by atoms with E-state index in [9.17, 15) is 49.4 Å². The third kappa shape index (κ3) is 12.0. The Morgan fingerprint density at radius 1 is 1.00 bits per heavy atom. The largest absolute Gasteiger partial charge is 0.508 e. The maximum absolute atomic E-state index is 13.1. The van der Waals surface area contributed by atoms with E-state index in [1.54, 1.807) is 24.3 Å². The zero-order valence-corrected chi connectivity index (χ0v) is 34.1. The van der Waals surface area contributed by atoms with Crippen molar-refractivity contribution in [3.63, 3.8) is 0 Å². The van der Waals surface area contributed by atoms with E-state index in [0.717, 1.165) is 13.0 Å². The Labute approximate surface area is 352 Å². The number of rotatable bonds is 19. The van der Waals surface area contributed by atoms with Crippen LogP contribution in [0.25, 0.3) is 33.4 Å². The first kappa shape index (κ1) is 46.4. The summed E-state index contributed by atoms with van der Waals surface area (Å²) in [6.07, 6.45) is -4.15. The highest BCUT2D eigenvalue weighted by molar-refractivity contribution is 7.80. The van der Waals surface area contributed by atoms with Gasteiger partial charge in [0.15, 0.2) is 22.6 Å². The Kier molecular flexibility index (Phi) is 15.8. The Morgan fingerprint density at radius 3 is 2.39 bits per heavy atom. The van der Waals surface area contributed by atoms with Crippen LogP contribution in [-0.2, 0) is 28.1 Å². The van der Waals surface area contributed by atoms with Crippen LogP contribution in [0, 0.1) is 0 Å². The third-order valence-electron chi connectivity index (χ3n) is 9.01. The topological polar surface area (TPSA) is 340 Å². The molecule has 0 fully saturated rings. The number of hydrogen-bond donors (Lipinski definition) is 11. The zero-order chi connectivity index (χ0) is 44.4. The van der Waals surface area contributed by atoms with E-state index >= 15 is 0 Å². The predicted octanol–water partition coefficient (Wildman–Crippen LogP) is 0.591. The number of benzene rings is 3. The van der Waals surface area contributed by atoms with Crippen LogP contribution in [-0.4, -0.2) is 130 Å². The number of carbonyl (C=O) groups excluding carboxylic acids is 1. The molecule has 2 unspecified atom stereocenters. The number of phenolic OH excluding ortho intramolecular Hbond substituents is 1. The number of aromatic carboxylic acids is 1. The summed E-state index contributed by atoms with van der Waals surface area (Å²) in [5.41, 5.74) is 12.0. The molecule has 2 aromatic carbocycles. The van der Waals surface area contributed by atoms with Crippen LogP contribution >= 0.6 is 19.8 Å². The van der Waals surface area contributed by atoms with Crippen molar-refractivity contribution in [2.45, 2.75) is 37.3 Å². The first-order chi connectivity index (χ1) is 29.0. The summed E-state index contributed by atoms with van der Waals surface area (Å²) in [7, 11) is -4.74. The van der Waals surface area contributed by atoms with Gasteiger partial charge in [-0.15, -0.1) is 0 Å².